The maximum Gasteiger partial charge on any atom is 0.192 e. The molecule has 2 aromatic carbocycles. The van der Waals surface area contributed by atoms with Gasteiger partial charge in [-0.05, 0) is 43.1 Å². The van der Waals surface area contributed by atoms with Gasteiger partial charge in [0.2, 0.25) is 0 Å². The van der Waals surface area contributed by atoms with Crippen LogP contribution in [0.15, 0.2) is 60.7 Å². The molecule has 0 radical (unpaired) electrons. The fraction of sp³-hybridized carbons (Fsp3) is 0.533. The van der Waals surface area contributed by atoms with Gasteiger partial charge in [0.05, 0.1) is 19.8 Å². The van der Waals surface area contributed by atoms with Crippen LogP contribution in [0.1, 0.15) is 45.7 Å². The second-order valence-electron chi connectivity index (χ2n) is 10.3. The van der Waals surface area contributed by atoms with Crippen molar-refractivity contribution in [2.45, 2.75) is 95.9 Å². The Morgan fingerprint density at radius 2 is 1.39 bits per heavy atom. The molecule has 0 spiro atoms. The molecule has 0 unspecified atom stereocenters. The summed E-state index contributed by atoms with van der Waals surface area (Å²) in [5, 5.41) is 0. The van der Waals surface area contributed by atoms with Gasteiger partial charge in [-0.15, -0.1) is 5.54 Å². The smallest absolute Gasteiger partial charge is 0.192 e. The highest BCUT2D eigenvalue weighted by Gasteiger charge is 2.62. The minimum absolute atomic E-state index is 0.274. The van der Waals surface area contributed by atoms with Crippen LogP contribution in [0.25, 0.3) is 0 Å². The maximum atomic E-state index is 6.63. The molecule has 4 rings (SSSR count). The SMILES string of the molecule is CC[Si](C#C[C@]1(COCc2ccccc2)O[C@@H]2OC(C)(C)O[C@@H]2[C@@H]1OCc1ccccc1)(CC)CC. The molecule has 0 aliphatic carbocycles. The predicted octanol–water partition coefficient (Wildman–Crippen LogP) is 6.09. The van der Waals surface area contributed by atoms with E-state index in [1.807, 2.05) is 50.2 Å². The number of fused-ring (bicyclic) bond motifs is 1. The molecule has 6 heteroatoms. The highest BCUT2D eigenvalue weighted by molar-refractivity contribution is 6.87. The molecule has 4 atom stereocenters. The molecule has 0 bridgehead atoms. The highest BCUT2D eigenvalue weighted by Crippen LogP contribution is 2.44. The summed E-state index contributed by atoms with van der Waals surface area (Å²) < 4.78 is 32.0. The molecule has 2 aliphatic heterocycles. The zero-order valence-corrected chi connectivity index (χ0v) is 23.3. The Balaban J connectivity index is 1.66. The molecule has 2 fully saturated rings. The van der Waals surface area contributed by atoms with Crippen molar-refractivity contribution in [1.82, 2.24) is 0 Å². The van der Waals surface area contributed by atoms with Crippen molar-refractivity contribution in [3.63, 3.8) is 0 Å². The van der Waals surface area contributed by atoms with Gasteiger partial charge < -0.3 is 23.7 Å². The normalized spacial score (nSPS) is 26.9. The largest absolute Gasteiger partial charge is 0.373 e. The van der Waals surface area contributed by atoms with Crippen LogP contribution in [0.3, 0.4) is 0 Å². The first-order chi connectivity index (χ1) is 17.3. The fourth-order valence-corrected chi connectivity index (χ4v) is 7.49. The Labute approximate surface area is 217 Å². The number of rotatable bonds is 10. The van der Waals surface area contributed by atoms with E-state index in [0.717, 1.165) is 29.3 Å². The minimum Gasteiger partial charge on any atom is -0.373 e. The third kappa shape index (κ3) is 6.11. The molecule has 36 heavy (non-hydrogen) atoms. The summed E-state index contributed by atoms with van der Waals surface area (Å²) in [5.41, 5.74) is 4.96. The number of ether oxygens (including phenoxy) is 5. The Morgan fingerprint density at radius 1 is 0.806 bits per heavy atom. The first-order valence-corrected chi connectivity index (χ1v) is 15.8. The Hall–Kier alpha value is -1.98. The van der Waals surface area contributed by atoms with E-state index in [-0.39, 0.29) is 12.7 Å². The number of benzene rings is 2. The van der Waals surface area contributed by atoms with Crippen molar-refractivity contribution in [3.05, 3.63) is 71.8 Å². The van der Waals surface area contributed by atoms with Gasteiger partial charge in [0, 0.05) is 0 Å². The molecule has 0 saturated carbocycles. The van der Waals surface area contributed by atoms with Gasteiger partial charge in [0.15, 0.2) is 17.7 Å². The van der Waals surface area contributed by atoms with Crippen LogP contribution in [0.5, 0.6) is 0 Å². The molecular weight excluding hydrogens is 468 g/mol. The van der Waals surface area contributed by atoms with Crippen LogP contribution < -0.4 is 0 Å². The van der Waals surface area contributed by atoms with E-state index in [4.69, 9.17) is 23.7 Å². The number of hydrogen-bond acceptors (Lipinski definition) is 5. The molecular formula is C30H40O5Si. The zero-order valence-electron chi connectivity index (χ0n) is 22.3. The van der Waals surface area contributed by atoms with Crippen molar-refractivity contribution in [1.29, 1.82) is 0 Å². The highest BCUT2D eigenvalue weighted by atomic mass is 28.3. The Morgan fingerprint density at radius 3 is 1.97 bits per heavy atom. The predicted molar refractivity (Wildman–Crippen MR) is 144 cm³/mol. The first-order valence-electron chi connectivity index (χ1n) is 13.2. The molecule has 0 N–H and O–H groups in total. The molecule has 5 nitrogen and oxygen atoms in total. The van der Waals surface area contributed by atoms with E-state index in [0.29, 0.717) is 13.2 Å². The van der Waals surface area contributed by atoms with Crippen molar-refractivity contribution in [2.75, 3.05) is 6.61 Å². The van der Waals surface area contributed by atoms with Gasteiger partial charge in [0.1, 0.15) is 20.3 Å². The van der Waals surface area contributed by atoms with E-state index in [9.17, 15) is 0 Å². The van der Waals surface area contributed by atoms with Crippen molar-refractivity contribution in [2.24, 2.45) is 0 Å². The average molecular weight is 509 g/mol. The number of hydrogen-bond donors (Lipinski definition) is 0. The maximum absolute atomic E-state index is 6.63. The van der Waals surface area contributed by atoms with Gasteiger partial charge >= 0.3 is 0 Å². The van der Waals surface area contributed by atoms with Crippen LogP contribution in [0, 0.1) is 11.5 Å². The summed E-state index contributed by atoms with van der Waals surface area (Å²) in [5.74, 6) is 2.85. The minimum atomic E-state index is -1.75. The summed E-state index contributed by atoms with van der Waals surface area (Å²) in [6, 6.07) is 23.6. The Kier molecular flexibility index (Phi) is 8.72. The van der Waals surface area contributed by atoms with Crippen LogP contribution in [-0.4, -0.2) is 44.6 Å². The second-order valence-corrected chi connectivity index (χ2v) is 15.2. The van der Waals surface area contributed by atoms with Crippen molar-refractivity contribution >= 4 is 8.07 Å². The molecule has 2 aliphatic rings. The van der Waals surface area contributed by atoms with Gasteiger partial charge in [-0.25, -0.2) is 0 Å². The molecule has 194 valence electrons. The standard InChI is InChI=1S/C30H40O5Si/c1-6-36(7-2,8-3)20-19-30(23-31-21-24-15-11-9-12-16-24)27(32-22-25-17-13-10-14-18-25)26-28(35-30)34-29(4,5)33-26/h9-18,26-28H,6-8,21-23H2,1-5H3/t26-,27+,28+,30-/m1/s1. The topological polar surface area (TPSA) is 46.2 Å². The lowest BCUT2D eigenvalue weighted by Crippen LogP contribution is -2.49. The molecule has 2 saturated heterocycles. The molecule has 2 aromatic rings. The third-order valence-corrected chi connectivity index (χ3v) is 12.2. The summed E-state index contributed by atoms with van der Waals surface area (Å²) in [6.07, 6.45) is -1.40. The van der Waals surface area contributed by atoms with E-state index >= 15 is 0 Å². The van der Waals surface area contributed by atoms with Gasteiger partial charge in [0.25, 0.3) is 0 Å². The van der Waals surface area contributed by atoms with E-state index < -0.39 is 31.9 Å². The second kappa shape index (κ2) is 11.6. The van der Waals surface area contributed by atoms with E-state index in [1.165, 1.54) is 0 Å². The lowest BCUT2D eigenvalue weighted by molar-refractivity contribution is -0.240. The quantitative estimate of drug-likeness (QED) is 0.287. The van der Waals surface area contributed by atoms with Gasteiger partial charge in [-0.2, -0.15) is 0 Å². The summed E-state index contributed by atoms with van der Waals surface area (Å²) in [7, 11) is -1.75. The van der Waals surface area contributed by atoms with Gasteiger partial charge in [-0.3, -0.25) is 0 Å². The summed E-state index contributed by atoms with van der Waals surface area (Å²) >= 11 is 0. The third-order valence-electron chi connectivity index (χ3n) is 7.44. The Bertz CT molecular complexity index is 1020. The lowest BCUT2D eigenvalue weighted by atomic mass is 9.96. The van der Waals surface area contributed by atoms with E-state index in [2.05, 4.69) is 56.5 Å². The molecule has 0 aromatic heterocycles. The van der Waals surface area contributed by atoms with Crippen molar-refractivity contribution in [3.8, 4) is 11.5 Å². The molecule has 2 heterocycles. The van der Waals surface area contributed by atoms with Gasteiger partial charge in [-0.1, -0.05) is 87.4 Å². The average Bonchev–Trinajstić information content (AvgIpc) is 3.33. The summed E-state index contributed by atoms with van der Waals surface area (Å²) in [4.78, 5) is 0. The van der Waals surface area contributed by atoms with Crippen LogP contribution in [0.2, 0.25) is 18.1 Å². The monoisotopic (exact) mass is 508 g/mol. The lowest BCUT2D eigenvalue weighted by Gasteiger charge is -2.33. The molecule has 0 amide bonds. The first kappa shape index (κ1) is 27.1. The zero-order chi connectivity index (χ0) is 25.7. The van der Waals surface area contributed by atoms with Crippen molar-refractivity contribution < 1.29 is 23.7 Å². The fourth-order valence-electron chi connectivity index (χ4n) is 4.98. The van der Waals surface area contributed by atoms with Crippen LogP contribution in [-0.2, 0) is 36.9 Å². The van der Waals surface area contributed by atoms with Crippen LogP contribution >= 0.6 is 0 Å². The summed E-state index contributed by atoms with van der Waals surface area (Å²) in [6.45, 7) is 11.8. The van der Waals surface area contributed by atoms with Crippen LogP contribution in [0.4, 0.5) is 0 Å². The van der Waals surface area contributed by atoms with E-state index in [1.54, 1.807) is 0 Å².